The molecule has 150 valence electrons. The maximum atomic E-state index is 11.1. The lowest BCUT2D eigenvalue weighted by Gasteiger charge is -2.12. The van der Waals surface area contributed by atoms with E-state index in [0.29, 0.717) is 25.4 Å². The van der Waals surface area contributed by atoms with E-state index in [9.17, 15) is 4.79 Å². The highest BCUT2D eigenvalue weighted by atomic mass is 16.5. The summed E-state index contributed by atoms with van der Waals surface area (Å²) in [6.07, 6.45) is -0.534. The van der Waals surface area contributed by atoms with E-state index in [2.05, 4.69) is 0 Å². The Bertz CT molecular complexity index is 906. The zero-order chi connectivity index (χ0) is 20.5. The molecule has 1 unspecified atom stereocenters. The van der Waals surface area contributed by atoms with E-state index < -0.39 is 12.1 Å². The number of aliphatic carboxylic acids is 1. The van der Waals surface area contributed by atoms with Gasteiger partial charge in [0.25, 0.3) is 0 Å². The molecule has 0 heterocycles. The molecule has 0 aliphatic rings. The Balaban J connectivity index is 1.52. The molecule has 0 fully saturated rings. The molecule has 0 bridgehead atoms. The normalized spacial score (nSPS) is 11.6. The van der Waals surface area contributed by atoms with Gasteiger partial charge in [0, 0.05) is 13.5 Å². The molecule has 0 aromatic heterocycles. The molecule has 0 amide bonds. The van der Waals surface area contributed by atoms with E-state index in [1.54, 1.807) is 0 Å². The molecule has 0 aliphatic heterocycles. The molecule has 0 aliphatic carbocycles. The lowest BCUT2D eigenvalue weighted by Crippen LogP contribution is -2.24. The monoisotopic (exact) mass is 392 g/mol. The average Bonchev–Trinajstić information content (AvgIpc) is 2.76. The van der Waals surface area contributed by atoms with Gasteiger partial charge in [-0.05, 0) is 41.0 Å². The molecule has 1 atom stereocenters. The summed E-state index contributed by atoms with van der Waals surface area (Å²) in [5.41, 5.74) is 3.00. The predicted octanol–water partition coefficient (Wildman–Crippen LogP) is 4.49. The first-order chi connectivity index (χ1) is 14.1. The van der Waals surface area contributed by atoms with Gasteiger partial charge in [-0.25, -0.2) is 4.79 Å². The van der Waals surface area contributed by atoms with Crippen molar-refractivity contribution in [2.24, 2.45) is 0 Å². The summed E-state index contributed by atoms with van der Waals surface area (Å²) in [4.78, 5) is 11.1. The third-order valence-electron chi connectivity index (χ3n) is 4.46. The van der Waals surface area contributed by atoms with E-state index in [0.717, 1.165) is 22.4 Å². The van der Waals surface area contributed by atoms with Crippen molar-refractivity contribution in [1.29, 1.82) is 0 Å². The number of methoxy groups -OCH3 is 1. The highest BCUT2D eigenvalue weighted by Crippen LogP contribution is 2.19. The number of rotatable bonds is 10. The molecule has 1 N–H and O–H groups in total. The second-order valence-corrected chi connectivity index (χ2v) is 6.62. The third-order valence-corrected chi connectivity index (χ3v) is 4.46. The average molecular weight is 392 g/mol. The Morgan fingerprint density at radius 1 is 0.793 bits per heavy atom. The van der Waals surface area contributed by atoms with Gasteiger partial charge >= 0.3 is 5.97 Å². The first kappa shape index (κ1) is 20.4. The van der Waals surface area contributed by atoms with E-state index in [-0.39, 0.29) is 0 Å². The highest BCUT2D eigenvalue weighted by molar-refractivity contribution is 5.72. The SMILES string of the molecule is COC(Cc1ccc(OCc2cccc(OCc3ccccc3)c2)cc1)C(=O)O. The molecule has 3 aromatic rings. The topological polar surface area (TPSA) is 65.0 Å². The van der Waals surface area contributed by atoms with Gasteiger partial charge < -0.3 is 19.3 Å². The molecule has 0 saturated heterocycles. The number of ether oxygens (including phenoxy) is 3. The molecule has 0 spiro atoms. The second kappa shape index (κ2) is 10.3. The summed E-state index contributed by atoms with van der Waals surface area (Å²) >= 11 is 0. The maximum absolute atomic E-state index is 11.1. The van der Waals surface area contributed by atoms with Gasteiger partial charge in [-0.1, -0.05) is 54.6 Å². The van der Waals surface area contributed by atoms with Crippen LogP contribution in [0.4, 0.5) is 0 Å². The van der Waals surface area contributed by atoms with Gasteiger partial charge in [0.1, 0.15) is 24.7 Å². The molecule has 29 heavy (non-hydrogen) atoms. The van der Waals surface area contributed by atoms with Gasteiger partial charge in [0.15, 0.2) is 6.10 Å². The Morgan fingerprint density at radius 2 is 1.45 bits per heavy atom. The van der Waals surface area contributed by atoms with Crippen LogP contribution >= 0.6 is 0 Å². The first-order valence-corrected chi connectivity index (χ1v) is 9.37. The van der Waals surface area contributed by atoms with Crippen molar-refractivity contribution >= 4 is 5.97 Å². The largest absolute Gasteiger partial charge is 0.489 e. The van der Waals surface area contributed by atoms with Crippen LogP contribution in [0.25, 0.3) is 0 Å². The summed E-state index contributed by atoms with van der Waals surface area (Å²) < 4.78 is 16.7. The van der Waals surface area contributed by atoms with Gasteiger partial charge in [-0.15, -0.1) is 0 Å². The third kappa shape index (κ3) is 6.36. The van der Waals surface area contributed by atoms with Crippen LogP contribution in [0.1, 0.15) is 16.7 Å². The number of carboxylic acid groups (broad SMARTS) is 1. The molecule has 5 heteroatoms. The Hall–Kier alpha value is -3.31. The van der Waals surface area contributed by atoms with Crippen LogP contribution in [0.2, 0.25) is 0 Å². The fourth-order valence-electron chi connectivity index (χ4n) is 2.84. The van der Waals surface area contributed by atoms with Crippen molar-refractivity contribution in [3.8, 4) is 11.5 Å². The van der Waals surface area contributed by atoms with Crippen molar-refractivity contribution in [3.63, 3.8) is 0 Å². The number of hydrogen-bond donors (Lipinski definition) is 1. The van der Waals surface area contributed by atoms with E-state index in [1.165, 1.54) is 7.11 Å². The minimum atomic E-state index is -0.970. The van der Waals surface area contributed by atoms with Crippen molar-refractivity contribution in [2.75, 3.05) is 7.11 Å². The van der Waals surface area contributed by atoms with E-state index >= 15 is 0 Å². The quantitative estimate of drug-likeness (QED) is 0.551. The van der Waals surface area contributed by atoms with Gasteiger partial charge in [-0.3, -0.25) is 0 Å². The summed E-state index contributed by atoms with van der Waals surface area (Å²) in [7, 11) is 1.40. The first-order valence-electron chi connectivity index (χ1n) is 9.37. The van der Waals surface area contributed by atoms with Crippen LogP contribution in [0.15, 0.2) is 78.9 Å². The van der Waals surface area contributed by atoms with Crippen molar-refractivity contribution < 1.29 is 24.1 Å². The molecular formula is C24H24O5. The van der Waals surface area contributed by atoms with Gasteiger partial charge in [0.05, 0.1) is 0 Å². The van der Waals surface area contributed by atoms with E-state index in [1.807, 2.05) is 78.9 Å². The predicted molar refractivity (Wildman–Crippen MR) is 110 cm³/mol. The minimum Gasteiger partial charge on any atom is -0.489 e. The van der Waals surface area contributed by atoms with Crippen LogP contribution in [-0.4, -0.2) is 24.3 Å². The zero-order valence-electron chi connectivity index (χ0n) is 16.3. The van der Waals surface area contributed by atoms with Crippen molar-refractivity contribution in [2.45, 2.75) is 25.7 Å². The zero-order valence-corrected chi connectivity index (χ0v) is 16.3. The molecule has 3 rings (SSSR count). The van der Waals surface area contributed by atoms with Crippen LogP contribution in [0.5, 0.6) is 11.5 Å². The molecule has 0 radical (unpaired) electrons. The second-order valence-electron chi connectivity index (χ2n) is 6.62. The standard InChI is InChI=1S/C24H24O5/c1-27-23(24(25)26)15-18-10-12-21(13-11-18)28-17-20-8-5-9-22(14-20)29-16-19-6-3-2-4-7-19/h2-14,23H,15-17H2,1H3,(H,25,26). The minimum absolute atomic E-state index is 0.312. The fraction of sp³-hybridized carbons (Fsp3) is 0.208. The van der Waals surface area contributed by atoms with Crippen LogP contribution in [-0.2, 0) is 29.2 Å². The summed E-state index contributed by atoms with van der Waals surface area (Å²) in [5.74, 6) is 0.542. The van der Waals surface area contributed by atoms with Gasteiger partial charge in [-0.2, -0.15) is 0 Å². The Morgan fingerprint density at radius 3 is 2.14 bits per heavy atom. The fourth-order valence-corrected chi connectivity index (χ4v) is 2.84. The van der Waals surface area contributed by atoms with Crippen LogP contribution in [0, 0.1) is 0 Å². The number of benzene rings is 3. The molecular weight excluding hydrogens is 368 g/mol. The number of carboxylic acids is 1. The van der Waals surface area contributed by atoms with E-state index in [4.69, 9.17) is 19.3 Å². The number of hydrogen-bond acceptors (Lipinski definition) is 4. The van der Waals surface area contributed by atoms with Crippen LogP contribution < -0.4 is 9.47 Å². The number of carbonyl (C=O) groups is 1. The summed E-state index contributed by atoms with van der Waals surface area (Å²) in [6, 6.07) is 25.2. The molecule has 3 aromatic carbocycles. The van der Waals surface area contributed by atoms with Crippen molar-refractivity contribution in [3.05, 3.63) is 95.6 Å². The van der Waals surface area contributed by atoms with Crippen LogP contribution in [0.3, 0.4) is 0 Å². The summed E-state index contributed by atoms with van der Waals surface area (Å²) in [6.45, 7) is 0.934. The molecule has 0 saturated carbocycles. The molecule has 5 nitrogen and oxygen atoms in total. The lowest BCUT2D eigenvalue weighted by molar-refractivity contribution is -0.148. The maximum Gasteiger partial charge on any atom is 0.333 e. The summed E-state index contributed by atoms with van der Waals surface area (Å²) in [5, 5.41) is 9.06. The highest BCUT2D eigenvalue weighted by Gasteiger charge is 2.16. The van der Waals surface area contributed by atoms with Crippen molar-refractivity contribution in [1.82, 2.24) is 0 Å². The lowest BCUT2D eigenvalue weighted by atomic mass is 10.1. The Kier molecular flexibility index (Phi) is 7.25. The smallest absolute Gasteiger partial charge is 0.333 e. The Labute approximate surface area is 170 Å². The van der Waals surface area contributed by atoms with Gasteiger partial charge in [0.2, 0.25) is 0 Å².